The van der Waals surface area contributed by atoms with Gasteiger partial charge in [0.2, 0.25) is 0 Å². The zero-order valence-corrected chi connectivity index (χ0v) is 19.1. The predicted octanol–water partition coefficient (Wildman–Crippen LogP) is 5.76. The molecule has 6 heteroatoms. The molecule has 2 aromatic carbocycles. The lowest BCUT2D eigenvalue weighted by molar-refractivity contribution is -0.134. The number of unbranched alkanes of at least 4 members (excludes halogenated alkanes) is 3. The van der Waals surface area contributed by atoms with Gasteiger partial charge in [0, 0.05) is 37.1 Å². The van der Waals surface area contributed by atoms with E-state index in [2.05, 4.69) is 13.8 Å². The van der Waals surface area contributed by atoms with E-state index >= 15 is 0 Å². The third-order valence-corrected chi connectivity index (χ3v) is 5.01. The Morgan fingerprint density at radius 1 is 0.774 bits per heavy atom. The van der Waals surface area contributed by atoms with Gasteiger partial charge in [-0.25, -0.2) is 0 Å². The molecule has 0 bridgehead atoms. The van der Waals surface area contributed by atoms with E-state index in [0.29, 0.717) is 28.5 Å². The summed E-state index contributed by atoms with van der Waals surface area (Å²) in [6, 6.07) is 7.13. The van der Waals surface area contributed by atoms with E-state index in [4.69, 9.17) is 14.2 Å². The van der Waals surface area contributed by atoms with Crippen molar-refractivity contribution in [2.24, 2.45) is 5.92 Å². The van der Waals surface area contributed by atoms with Gasteiger partial charge < -0.3 is 14.2 Å². The maximum Gasteiger partial charge on any atom is 0.308 e. The van der Waals surface area contributed by atoms with Crippen LogP contribution in [0.5, 0.6) is 17.2 Å². The van der Waals surface area contributed by atoms with Crippen LogP contribution in [-0.2, 0) is 20.8 Å². The monoisotopic (exact) mass is 428 g/mol. The fourth-order valence-electron chi connectivity index (χ4n) is 3.72. The van der Waals surface area contributed by atoms with Crippen molar-refractivity contribution in [2.75, 3.05) is 0 Å². The predicted molar refractivity (Wildman–Crippen MR) is 120 cm³/mol. The van der Waals surface area contributed by atoms with Gasteiger partial charge in [-0.15, -0.1) is 0 Å². The Morgan fingerprint density at radius 2 is 1.29 bits per heavy atom. The van der Waals surface area contributed by atoms with Gasteiger partial charge >= 0.3 is 17.9 Å². The topological polar surface area (TPSA) is 78.9 Å². The van der Waals surface area contributed by atoms with Crippen LogP contribution in [0.15, 0.2) is 24.3 Å². The summed E-state index contributed by atoms with van der Waals surface area (Å²) in [7, 11) is 0. The quantitative estimate of drug-likeness (QED) is 0.272. The summed E-state index contributed by atoms with van der Waals surface area (Å²) in [5, 5.41) is 1.16. The van der Waals surface area contributed by atoms with Gasteiger partial charge in [0.25, 0.3) is 0 Å². The summed E-state index contributed by atoms with van der Waals surface area (Å²) in [6.07, 6.45) is 6.09. The van der Waals surface area contributed by atoms with Crippen LogP contribution in [-0.4, -0.2) is 17.9 Å². The number of hydrogen-bond donors (Lipinski definition) is 0. The molecule has 0 aliphatic heterocycles. The molecular formula is C25H32O6. The Hall–Kier alpha value is -2.89. The minimum absolute atomic E-state index is 0.137. The number of benzene rings is 2. The van der Waals surface area contributed by atoms with Crippen molar-refractivity contribution in [1.29, 1.82) is 0 Å². The second-order valence-corrected chi connectivity index (χ2v) is 7.95. The molecule has 0 spiro atoms. The van der Waals surface area contributed by atoms with Gasteiger partial charge in [0.05, 0.1) is 0 Å². The van der Waals surface area contributed by atoms with Crippen molar-refractivity contribution in [2.45, 2.75) is 73.1 Å². The first-order valence-electron chi connectivity index (χ1n) is 10.9. The summed E-state index contributed by atoms with van der Waals surface area (Å²) in [5.74, 6) is -0.661. The van der Waals surface area contributed by atoms with Crippen molar-refractivity contribution < 1.29 is 28.6 Å². The molecule has 31 heavy (non-hydrogen) atoms. The molecule has 0 aliphatic rings. The SMILES string of the molecule is CCCCCCC(C)Cc1c(OC(C)=O)c(OC(C)=O)c2ccccc2c1OC(C)=O. The molecule has 2 aromatic rings. The molecule has 0 aromatic heterocycles. The normalized spacial score (nSPS) is 11.8. The van der Waals surface area contributed by atoms with Gasteiger partial charge in [0.1, 0.15) is 5.75 Å². The summed E-state index contributed by atoms with van der Waals surface area (Å²) in [5.41, 5.74) is 0.559. The van der Waals surface area contributed by atoms with Crippen molar-refractivity contribution in [3.63, 3.8) is 0 Å². The Morgan fingerprint density at radius 3 is 1.84 bits per heavy atom. The maximum atomic E-state index is 11.9. The zero-order valence-electron chi connectivity index (χ0n) is 19.1. The number of rotatable bonds is 10. The third kappa shape index (κ3) is 6.81. The Labute approximate surface area is 183 Å². The fourth-order valence-corrected chi connectivity index (χ4v) is 3.72. The lowest BCUT2D eigenvalue weighted by atomic mass is 9.92. The molecule has 1 unspecified atom stereocenters. The largest absolute Gasteiger partial charge is 0.426 e. The molecule has 0 saturated carbocycles. The smallest absolute Gasteiger partial charge is 0.308 e. The molecule has 0 aliphatic carbocycles. The molecule has 2 rings (SSSR count). The van der Waals surface area contributed by atoms with Gasteiger partial charge in [-0.1, -0.05) is 70.2 Å². The average Bonchev–Trinajstić information content (AvgIpc) is 2.69. The van der Waals surface area contributed by atoms with Crippen LogP contribution in [0, 0.1) is 5.92 Å². The number of fused-ring (bicyclic) bond motifs is 1. The second kappa shape index (κ2) is 11.5. The maximum absolute atomic E-state index is 11.9. The van der Waals surface area contributed by atoms with E-state index in [1.165, 1.54) is 27.2 Å². The van der Waals surface area contributed by atoms with Crippen LogP contribution >= 0.6 is 0 Å². The fraction of sp³-hybridized carbons (Fsp3) is 0.480. The van der Waals surface area contributed by atoms with E-state index < -0.39 is 17.9 Å². The molecule has 0 heterocycles. The summed E-state index contributed by atoms with van der Waals surface area (Å²) in [4.78, 5) is 35.7. The Kier molecular flexibility index (Phi) is 9.03. The lowest BCUT2D eigenvalue weighted by Crippen LogP contribution is -2.14. The molecule has 6 nitrogen and oxygen atoms in total. The van der Waals surface area contributed by atoms with Crippen molar-refractivity contribution in [1.82, 2.24) is 0 Å². The first-order chi connectivity index (χ1) is 14.7. The highest BCUT2D eigenvalue weighted by Gasteiger charge is 2.27. The Bertz CT molecular complexity index is 947. The van der Waals surface area contributed by atoms with Crippen molar-refractivity contribution >= 4 is 28.7 Å². The van der Waals surface area contributed by atoms with E-state index in [9.17, 15) is 14.4 Å². The first-order valence-corrected chi connectivity index (χ1v) is 10.9. The highest BCUT2D eigenvalue weighted by Crippen LogP contribution is 2.47. The molecule has 168 valence electrons. The molecule has 0 saturated heterocycles. The van der Waals surface area contributed by atoms with Crippen LogP contribution in [0.3, 0.4) is 0 Å². The number of carbonyl (C=O) groups excluding carboxylic acids is 3. The van der Waals surface area contributed by atoms with E-state index in [-0.39, 0.29) is 17.4 Å². The lowest BCUT2D eigenvalue weighted by Gasteiger charge is -2.22. The third-order valence-electron chi connectivity index (χ3n) is 5.01. The standard InChI is InChI=1S/C25H32O6/c1-6-7-8-9-12-16(2)15-22-23(29-17(3)26)20-13-10-11-14-21(20)24(30-18(4)27)25(22)31-19(5)28/h10-11,13-14,16H,6-9,12,15H2,1-5H3. The highest BCUT2D eigenvalue weighted by molar-refractivity contribution is 6.00. The minimum atomic E-state index is -0.547. The molecule has 0 radical (unpaired) electrons. The van der Waals surface area contributed by atoms with E-state index in [1.807, 2.05) is 6.07 Å². The van der Waals surface area contributed by atoms with Gasteiger partial charge in [-0.2, -0.15) is 0 Å². The van der Waals surface area contributed by atoms with Crippen LogP contribution in [0.4, 0.5) is 0 Å². The summed E-state index contributed by atoms with van der Waals surface area (Å²) in [6.45, 7) is 8.20. The van der Waals surface area contributed by atoms with Gasteiger partial charge in [-0.3, -0.25) is 14.4 Å². The molecule has 1 atom stereocenters. The highest BCUT2D eigenvalue weighted by atomic mass is 16.6. The van der Waals surface area contributed by atoms with Crippen LogP contribution < -0.4 is 14.2 Å². The summed E-state index contributed by atoms with van der Waals surface area (Å²) < 4.78 is 16.7. The molecular weight excluding hydrogens is 396 g/mol. The van der Waals surface area contributed by atoms with E-state index in [1.54, 1.807) is 18.2 Å². The Balaban J connectivity index is 2.66. The van der Waals surface area contributed by atoms with Crippen LogP contribution in [0.1, 0.15) is 72.3 Å². The number of carbonyl (C=O) groups is 3. The minimum Gasteiger partial charge on any atom is -0.426 e. The van der Waals surface area contributed by atoms with Crippen molar-refractivity contribution in [3.05, 3.63) is 29.8 Å². The zero-order chi connectivity index (χ0) is 23.0. The van der Waals surface area contributed by atoms with Crippen molar-refractivity contribution in [3.8, 4) is 17.2 Å². The van der Waals surface area contributed by atoms with Crippen LogP contribution in [0.25, 0.3) is 10.8 Å². The molecule has 0 amide bonds. The number of hydrogen-bond acceptors (Lipinski definition) is 6. The summed E-state index contributed by atoms with van der Waals surface area (Å²) >= 11 is 0. The average molecular weight is 429 g/mol. The number of esters is 3. The van der Waals surface area contributed by atoms with Gasteiger partial charge in [0.15, 0.2) is 11.5 Å². The number of ether oxygens (including phenoxy) is 3. The molecule has 0 fully saturated rings. The second-order valence-electron chi connectivity index (χ2n) is 7.95. The van der Waals surface area contributed by atoms with Crippen LogP contribution in [0.2, 0.25) is 0 Å². The van der Waals surface area contributed by atoms with Gasteiger partial charge in [-0.05, 0) is 12.3 Å². The molecule has 0 N–H and O–H groups in total. The van der Waals surface area contributed by atoms with E-state index in [0.717, 1.165) is 25.7 Å². The first kappa shape index (κ1) is 24.4.